The molecule has 1 unspecified atom stereocenters. The summed E-state index contributed by atoms with van der Waals surface area (Å²) in [7, 11) is 0. The minimum absolute atomic E-state index is 0.282. The topological polar surface area (TPSA) is 73.1 Å². The molecule has 0 N–H and O–H groups in total. The lowest BCUT2D eigenvalue weighted by Crippen LogP contribution is -2.42. The number of rotatable bonds is 3. The molecule has 0 spiro atoms. The maximum Gasteiger partial charge on any atom is 0.222 e. The summed E-state index contributed by atoms with van der Waals surface area (Å²) in [5.74, 6) is 1.41. The summed E-state index contributed by atoms with van der Waals surface area (Å²) in [6, 6.07) is 2.11. The van der Waals surface area contributed by atoms with Gasteiger partial charge in [0.2, 0.25) is 5.91 Å². The maximum atomic E-state index is 11.7. The fourth-order valence-corrected chi connectivity index (χ4v) is 3.26. The summed E-state index contributed by atoms with van der Waals surface area (Å²) in [5, 5.41) is 9.15. The Kier molecular flexibility index (Phi) is 4.00. The molecule has 1 aromatic rings. The molecule has 0 saturated carbocycles. The monoisotopic (exact) mass is 285 g/mol. The van der Waals surface area contributed by atoms with E-state index in [2.05, 4.69) is 20.9 Å². The molecule has 0 aliphatic carbocycles. The number of nitrogens with zero attached hydrogens (tertiary/aromatic N) is 5. The number of carbonyl (C=O) groups excluding carboxylic acids is 1. The van der Waals surface area contributed by atoms with Crippen LogP contribution in [0.15, 0.2) is 12.4 Å². The SMILES string of the molecule is N#Cc1nccnc1N1CCCC(CN2CCCC2=O)C1. The predicted octanol–water partition coefficient (Wildman–Crippen LogP) is 1.19. The van der Waals surface area contributed by atoms with Crippen molar-refractivity contribution in [1.29, 1.82) is 5.26 Å². The number of amides is 1. The molecule has 1 atom stereocenters. The van der Waals surface area contributed by atoms with E-state index < -0.39 is 0 Å². The van der Waals surface area contributed by atoms with E-state index >= 15 is 0 Å². The van der Waals surface area contributed by atoms with E-state index in [9.17, 15) is 4.79 Å². The molecule has 3 rings (SSSR count). The molecule has 0 bridgehead atoms. The molecular weight excluding hydrogens is 266 g/mol. The van der Waals surface area contributed by atoms with Crippen LogP contribution in [0.1, 0.15) is 31.4 Å². The van der Waals surface area contributed by atoms with Crippen LogP contribution >= 0.6 is 0 Å². The molecule has 0 radical (unpaired) electrons. The molecule has 2 aliphatic rings. The third-order valence-electron chi connectivity index (χ3n) is 4.25. The van der Waals surface area contributed by atoms with Crippen LogP contribution in [0.4, 0.5) is 5.82 Å². The van der Waals surface area contributed by atoms with Crippen molar-refractivity contribution < 1.29 is 4.79 Å². The molecular formula is C15H19N5O. The van der Waals surface area contributed by atoms with Gasteiger partial charge in [-0.3, -0.25) is 4.79 Å². The first-order valence-corrected chi connectivity index (χ1v) is 7.52. The Balaban J connectivity index is 1.68. The second-order valence-corrected chi connectivity index (χ2v) is 5.74. The van der Waals surface area contributed by atoms with Crippen molar-refractivity contribution in [3.63, 3.8) is 0 Å². The second-order valence-electron chi connectivity index (χ2n) is 5.74. The smallest absolute Gasteiger partial charge is 0.222 e. The maximum absolute atomic E-state index is 11.7. The molecule has 6 heteroatoms. The van der Waals surface area contributed by atoms with E-state index in [0.717, 1.165) is 45.4 Å². The third-order valence-corrected chi connectivity index (χ3v) is 4.25. The number of nitriles is 1. The summed E-state index contributed by atoms with van der Waals surface area (Å²) in [6.45, 7) is 3.47. The van der Waals surface area contributed by atoms with E-state index in [1.165, 1.54) is 0 Å². The van der Waals surface area contributed by atoms with Crippen molar-refractivity contribution in [1.82, 2.24) is 14.9 Å². The number of hydrogen-bond acceptors (Lipinski definition) is 5. The van der Waals surface area contributed by atoms with Crippen LogP contribution in [0.2, 0.25) is 0 Å². The Labute approximate surface area is 124 Å². The standard InChI is InChI=1S/C15H19N5O/c16-9-13-15(18-6-5-17-13)20-8-1-3-12(11-20)10-19-7-2-4-14(19)21/h5-6,12H,1-4,7-8,10-11H2. The molecule has 2 fully saturated rings. The summed E-state index contributed by atoms with van der Waals surface area (Å²) in [6.07, 6.45) is 7.05. The van der Waals surface area contributed by atoms with Gasteiger partial charge in [0, 0.05) is 45.0 Å². The number of hydrogen-bond donors (Lipinski definition) is 0. The highest BCUT2D eigenvalue weighted by Crippen LogP contribution is 2.25. The van der Waals surface area contributed by atoms with Crippen molar-refractivity contribution in [3.05, 3.63) is 18.1 Å². The summed E-state index contributed by atoms with van der Waals surface area (Å²) >= 11 is 0. The largest absolute Gasteiger partial charge is 0.354 e. The van der Waals surface area contributed by atoms with Gasteiger partial charge in [-0.15, -0.1) is 0 Å². The van der Waals surface area contributed by atoms with Crippen molar-refractivity contribution >= 4 is 11.7 Å². The first-order valence-electron chi connectivity index (χ1n) is 7.52. The van der Waals surface area contributed by atoms with E-state index in [1.54, 1.807) is 12.4 Å². The van der Waals surface area contributed by atoms with Gasteiger partial charge in [0.25, 0.3) is 0 Å². The minimum atomic E-state index is 0.282. The van der Waals surface area contributed by atoms with Gasteiger partial charge in [-0.2, -0.15) is 5.26 Å². The molecule has 2 saturated heterocycles. The zero-order valence-electron chi connectivity index (χ0n) is 12.0. The molecule has 110 valence electrons. The van der Waals surface area contributed by atoms with Crippen LogP contribution in [0.5, 0.6) is 0 Å². The zero-order chi connectivity index (χ0) is 14.7. The second kappa shape index (κ2) is 6.08. The average Bonchev–Trinajstić information content (AvgIpc) is 2.93. The Morgan fingerprint density at radius 3 is 2.90 bits per heavy atom. The Bertz CT molecular complexity index is 567. The fraction of sp³-hybridized carbons (Fsp3) is 0.600. The fourth-order valence-electron chi connectivity index (χ4n) is 3.26. The number of likely N-dealkylation sites (tertiary alicyclic amines) is 1. The van der Waals surface area contributed by atoms with E-state index in [1.807, 2.05) is 4.90 Å². The van der Waals surface area contributed by atoms with Crippen molar-refractivity contribution in [2.24, 2.45) is 5.92 Å². The number of piperidine rings is 1. The first kappa shape index (κ1) is 13.8. The van der Waals surface area contributed by atoms with E-state index in [-0.39, 0.29) is 5.91 Å². The Morgan fingerprint density at radius 1 is 1.29 bits per heavy atom. The third kappa shape index (κ3) is 2.97. The van der Waals surface area contributed by atoms with Gasteiger partial charge in [-0.25, -0.2) is 9.97 Å². The Morgan fingerprint density at radius 2 is 2.14 bits per heavy atom. The first-order chi connectivity index (χ1) is 10.3. The van der Waals surface area contributed by atoms with Crippen LogP contribution in [0, 0.1) is 17.2 Å². The van der Waals surface area contributed by atoms with Crippen LogP contribution in [-0.4, -0.2) is 47.0 Å². The van der Waals surface area contributed by atoms with Gasteiger partial charge in [0.15, 0.2) is 11.5 Å². The zero-order valence-corrected chi connectivity index (χ0v) is 12.0. The molecule has 21 heavy (non-hydrogen) atoms. The van der Waals surface area contributed by atoms with Gasteiger partial charge in [0.05, 0.1) is 0 Å². The van der Waals surface area contributed by atoms with Gasteiger partial charge in [0.1, 0.15) is 6.07 Å². The summed E-state index contributed by atoms with van der Waals surface area (Å²) in [4.78, 5) is 24.3. The lowest BCUT2D eigenvalue weighted by molar-refractivity contribution is -0.128. The molecule has 6 nitrogen and oxygen atoms in total. The van der Waals surface area contributed by atoms with Gasteiger partial charge in [-0.1, -0.05) is 0 Å². The average molecular weight is 285 g/mol. The molecule has 2 aliphatic heterocycles. The minimum Gasteiger partial charge on any atom is -0.354 e. The highest BCUT2D eigenvalue weighted by atomic mass is 16.2. The molecule has 1 aromatic heterocycles. The number of anilines is 1. The summed E-state index contributed by atoms with van der Waals surface area (Å²) < 4.78 is 0. The highest BCUT2D eigenvalue weighted by molar-refractivity contribution is 5.78. The lowest BCUT2D eigenvalue weighted by atomic mass is 9.97. The van der Waals surface area contributed by atoms with Gasteiger partial charge < -0.3 is 9.80 Å². The molecule has 3 heterocycles. The van der Waals surface area contributed by atoms with Crippen LogP contribution < -0.4 is 4.90 Å². The van der Waals surface area contributed by atoms with E-state index in [4.69, 9.17) is 5.26 Å². The van der Waals surface area contributed by atoms with Gasteiger partial charge in [-0.05, 0) is 25.2 Å². The van der Waals surface area contributed by atoms with Crippen molar-refractivity contribution in [2.45, 2.75) is 25.7 Å². The number of carbonyl (C=O) groups is 1. The molecule has 1 amide bonds. The highest BCUT2D eigenvalue weighted by Gasteiger charge is 2.28. The van der Waals surface area contributed by atoms with Crippen LogP contribution in [0.3, 0.4) is 0 Å². The van der Waals surface area contributed by atoms with Crippen LogP contribution in [-0.2, 0) is 4.79 Å². The summed E-state index contributed by atoms with van der Waals surface area (Å²) in [5.41, 5.74) is 0.385. The quantitative estimate of drug-likeness (QED) is 0.834. The Hall–Kier alpha value is -2.16. The lowest BCUT2D eigenvalue weighted by Gasteiger charge is -2.35. The van der Waals surface area contributed by atoms with Gasteiger partial charge >= 0.3 is 0 Å². The predicted molar refractivity (Wildman–Crippen MR) is 77.5 cm³/mol. The molecule has 0 aromatic carbocycles. The normalized spacial score (nSPS) is 22.4. The van der Waals surface area contributed by atoms with Crippen LogP contribution in [0.25, 0.3) is 0 Å². The number of aromatic nitrogens is 2. The van der Waals surface area contributed by atoms with E-state index in [0.29, 0.717) is 23.9 Å². The van der Waals surface area contributed by atoms with Crippen molar-refractivity contribution in [2.75, 3.05) is 31.1 Å². The van der Waals surface area contributed by atoms with Crippen molar-refractivity contribution in [3.8, 4) is 6.07 Å².